The van der Waals surface area contributed by atoms with E-state index < -0.39 is 0 Å². The Morgan fingerprint density at radius 1 is 1.38 bits per heavy atom. The van der Waals surface area contributed by atoms with Gasteiger partial charge in [0.15, 0.2) is 11.5 Å². The number of benzene rings is 1. The van der Waals surface area contributed by atoms with Gasteiger partial charge in [-0.3, -0.25) is 0 Å². The fraction of sp³-hybridized carbons (Fsp3) is 0.647. The number of aliphatic hydroxyl groups excluding tert-OH is 1. The van der Waals surface area contributed by atoms with E-state index in [-0.39, 0.29) is 17.6 Å². The lowest BCUT2D eigenvalue weighted by atomic mass is 9.65. The average molecular weight is 289 g/mol. The zero-order valence-electron chi connectivity index (χ0n) is 12.8. The summed E-state index contributed by atoms with van der Waals surface area (Å²) in [6.07, 6.45) is 3.59. The molecule has 1 N–H and O–H groups in total. The Labute approximate surface area is 125 Å². The minimum absolute atomic E-state index is 0.0726. The smallest absolute Gasteiger partial charge is 0.165 e. The van der Waals surface area contributed by atoms with Gasteiger partial charge in [0, 0.05) is 23.9 Å². The Morgan fingerprint density at radius 2 is 2.24 bits per heavy atom. The Balaban J connectivity index is 1.90. The number of ether oxygens (including phenoxy) is 2. The molecule has 0 bridgehead atoms. The highest BCUT2D eigenvalue weighted by Gasteiger charge is 2.54. The topological polar surface area (TPSA) is 41.9 Å². The van der Waals surface area contributed by atoms with E-state index in [1.165, 1.54) is 11.1 Å². The minimum Gasteiger partial charge on any atom is -0.493 e. The minimum atomic E-state index is -0.231. The number of aliphatic hydroxyl groups is 1. The number of rotatable bonds is 1. The second-order valence-electron chi connectivity index (χ2n) is 6.81. The molecule has 4 rings (SSSR count). The van der Waals surface area contributed by atoms with Gasteiger partial charge in [0.2, 0.25) is 0 Å². The number of nitrogens with zero attached hydrogens (tertiary/aromatic N) is 1. The molecule has 21 heavy (non-hydrogen) atoms. The average Bonchev–Trinajstić information content (AvgIpc) is 2.72. The first-order chi connectivity index (χ1) is 10.1. The van der Waals surface area contributed by atoms with Crippen molar-refractivity contribution in [3.8, 4) is 11.5 Å². The SMILES string of the molecule is COc1ccc2c3c1O[C@@H]1CC(O)CC[C@@]31CCN(C)C2. The Morgan fingerprint density at radius 3 is 3.05 bits per heavy atom. The maximum absolute atomic E-state index is 10.1. The van der Waals surface area contributed by atoms with E-state index in [2.05, 4.69) is 18.0 Å². The van der Waals surface area contributed by atoms with Crippen molar-refractivity contribution < 1.29 is 14.6 Å². The van der Waals surface area contributed by atoms with Gasteiger partial charge in [-0.15, -0.1) is 0 Å². The summed E-state index contributed by atoms with van der Waals surface area (Å²) < 4.78 is 11.8. The van der Waals surface area contributed by atoms with Gasteiger partial charge in [-0.2, -0.15) is 0 Å². The molecule has 1 aromatic rings. The molecule has 3 aliphatic rings. The standard InChI is InChI=1S/C17H23NO3/c1-18-8-7-17-6-5-12(19)9-14(17)21-16-13(20-2)4-3-11(10-18)15(16)17/h3-4,12,14,19H,5-10H2,1-2H3/t12?,14-,17+/m1/s1. The lowest BCUT2D eigenvalue weighted by Crippen LogP contribution is -2.45. The maximum atomic E-state index is 10.1. The van der Waals surface area contributed by atoms with Gasteiger partial charge in [-0.1, -0.05) is 6.07 Å². The summed E-state index contributed by atoms with van der Waals surface area (Å²) in [7, 11) is 3.88. The fourth-order valence-corrected chi connectivity index (χ4v) is 4.50. The summed E-state index contributed by atoms with van der Waals surface area (Å²) in [5, 5.41) is 10.1. The van der Waals surface area contributed by atoms with Crippen molar-refractivity contribution in [1.29, 1.82) is 0 Å². The van der Waals surface area contributed by atoms with Crippen molar-refractivity contribution in [2.75, 3.05) is 20.7 Å². The first-order valence-corrected chi connectivity index (χ1v) is 7.87. The molecule has 1 fully saturated rings. The molecule has 1 spiro atoms. The number of hydrogen-bond acceptors (Lipinski definition) is 4. The van der Waals surface area contributed by atoms with E-state index in [0.29, 0.717) is 0 Å². The van der Waals surface area contributed by atoms with Gasteiger partial charge in [-0.05, 0) is 44.5 Å². The normalized spacial score (nSPS) is 34.6. The van der Waals surface area contributed by atoms with Gasteiger partial charge >= 0.3 is 0 Å². The van der Waals surface area contributed by atoms with E-state index in [0.717, 1.165) is 50.3 Å². The Hall–Kier alpha value is -1.26. The van der Waals surface area contributed by atoms with Gasteiger partial charge in [-0.25, -0.2) is 0 Å². The fourth-order valence-electron chi connectivity index (χ4n) is 4.50. The molecule has 3 atom stereocenters. The van der Waals surface area contributed by atoms with Gasteiger partial charge in [0.1, 0.15) is 6.10 Å². The quantitative estimate of drug-likeness (QED) is 0.859. The molecule has 1 aliphatic carbocycles. The van der Waals surface area contributed by atoms with E-state index in [4.69, 9.17) is 9.47 Å². The third-order valence-electron chi connectivity index (χ3n) is 5.59. The first kappa shape index (κ1) is 13.4. The monoisotopic (exact) mass is 289 g/mol. The first-order valence-electron chi connectivity index (χ1n) is 7.87. The van der Waals surface area contributed by atoms with E-state index >= 15 is 0 Å². The Bertz CT molecular complexity index is 573. The largest absolute Gasteiger partial charge is 0.493 e. The van der Waals surface area contributed by atoms with Crippen molar-refractivity contribution in [1.82, 2.24) is 4.90 Å². The third kappa shape index (κ3) is 1.82. The van der Waals surface area contributed by atoms with Crippen molar-refractivity contribution in [2.24, 2.45) is 0 Å². The van der Waals surface area contributed by atoms with Crippen molar-refractivity contribution in [3.05, 3.63) is 23.3 Å². The highest BCUT2D eigenvalue weighted by atomic mass is 16.5. The van der Waals surface area contributed by atoms with Crippen LogP contribution in [-0.4, -0.2) is 42.9 Å². The van der Waals surface area contributed by atoms with Crippen molar-refractivity contribution in [3.63, 3.8) is 0 Å². The molecule has 2 aliphatic heterocycles. The van der Waals surface area contributed by atoms with Crippen LogP contribution in [-0.2, 0) is 12.0 Å². The summed E-state index contributed by atoms with van der Waals surface area (Å²) >= 11 is 0. The zero-order chi connectivity index (χ0) is 14.6. The molecular weight excluding hydrogens is 266 g/mol. The third-order valence-corrected chi connectivity index (χ3v) is 5.59. The molecule has 1 unspecified atom stereocenters. The molecule has 114 valence electrons. The molecule has 0 saturated heterocycles. The Kier molecular flexibility index (Phi) is 2.95. The molecule has 4 nitrogen and oxygen atoms in total. The van der Waals surface area contributed by atoms with Crippen LogP contribution < -0.4 is 9.47 Å². The van der Waals surface area contributed by atoms with E-state index in [9.17, 15) is 5.11 Å². The predicted octanol–water partition coefficient (Wildman–Crippen LogP) is 2.07. The van der Waals surface area contributed by atoms with Crippen LogP contribution in [0.15, 0.2) is 12.1 Å². The molecular formula is C17H23NO3. The molecule has 4 heteroatoms. The molecule has 2 heterocycles. The van der Waals surface area contributed by atoms with Gasteiger partial charge in [0.05, 0.1) is 13.2 Å². The van der Waals surface area contributed by atoms with Gasteiger partial charge in [0.25, 0.3) is 0 Å². The van der Waals surface area contributed by atoms with Crippen LogP contribution in [0.25, 0.3) is 0 Å². The van der Waals surface area contributed by atoms with Crippen LogP contribution in [0.2, 0.25) is 0 Å². The van der Waals surface area contributed by atoms with Crippen LogP contribution in [0.1, 0.15) is 36.8 Å². The summed E-state index contributed by atoms with van der Waals surface area (Å²) in [6.45, 7) is 2.04. The van der Waals surface area contributed by atoms with Crippen molar-refractivity contribution >= 4 is 0 Å². The van der Waals surface area contributed by atoms with E-state index in [1.54, 1.807) is 7.11 Å². The molecule has 0 amide bonds. The molecule has 1 aromatic carbocycles. The number of hydrogen-bond donors (Lipinski definition) is 1. The molecule has 0 aromatic heterocycles. The summed E-state index contributed by atoms with van der Waals surface area (Å²) in [6, 6.07) is 4.22. The predicted molar refractivity (Wildman–Crippen MR) is 79.9 cm³/mol. The second-order valence-corrected chi connectivity index (χ2v) is 6.81. The summed E-state index contributed by atoms with van der Waals surface area (Å²) in [5.41, 5.74) is 2.80. The summed E-state index contributed by atoms with van der Waals surface area (Å²) in [5.74, 6) is 1.77. The second kappa shape index (κ2) is 4.62. The van der Waals surface area contributed by atoms with Crippen LogP contribution in [0.4, 0.5) is 0 Å². The molecule has 0 radical (unpaired) electrons. The van der Waals surface area contributed by atoms with E-state index in [1.807, 2.05) is 6.07 Å². The lowest BCUT2D eigenvalue weighted by molar-refractivity contribution is 0.0120. The highest BCUT2D eigenvalue weighted by molar-refractivity contribution is 5.58. The lowest BCUT2D eigenvalue weighted by Gasteiger charge is -2.40. The zero-order valence-corrected chi connectivity index (χ0v) is 12.8. The number of methoxy groups -OCH3 is 1. The van der Waals surface area contributed by atoms with Crippen LogP contribution >= 0.6 is 0 Å². The van der Waals surface area contributed by atoms with Crippen molar-refractivity contribution in [2.45, 2.75) is 49.9 Å². The molecule has 1 saturated carbocycles. The van der Waals surface area contributed by atoms with Crippen LogP contribution in [0.3, 0.4) is 0 Å². The maximum Gasteiger partial charge on any atom is 0.165 e. The summed E-state index contributed by atoms with van der Waals surface area (Å²) in [4.78, 5) is 2.39. The van der Waals surface area contributed by atoms with Crippen LogP contribution in [0, 0.1) is 0 Å². The van der Waals surface area contributed by atoms with Gasteiger partial charge < -0.3 is 19.5 Å². The van der Waals surface area contributed by atoms with Crippen LogP contribution in [0.5, 0.6) is 11.5 Å². The highest BCUT2D eigenvalue weighted by Crippen LogP contribution is 2.57.